The van der Waals surface area contributed by atoms with Gasteiger partial charge < -0.3 is 0 Å². The summed E-state index contributed by atoms with van der Waals surface area (Å²) in [5.41, 5.74) is 3.66. The van der Waals surface area contributed by atoms with Crippen LogP contribution in [0.15, 0.2) is 48.5 Å². The van der Waals surface area contributed by atoms with Gasteiger partial charge in [0, 0.05) is 0 Å². The Kier molecular flexibility index (Phi) is 5.97. The van der Waals surface area contributed by atoms with E-state index in [0.29, 0.717) is 10.6 Å². The van der Waals surface area contributed by atoms with Crippen LogP contribution in [0.3, 0.4) is 0 Å². The van der Waals surface area contributed by atoms with Gasteiger partial charge in [0.15, 0.2) is 0 Å². The van der Waals surface area contributed by atoms with Gasteiger partial charge in [0.25, 0.3) is 0 Å². The molecule has 5 heteroatoms. The second kappa shape index (κ2) is 8.22. The Morgan fingerprint density at radius 3 is 2.23 bits per heavy atom. The zero-order valence-corrected chi connectivity index (χ0v) is 17.6. The fourth-order valence-electron chi connectivity index (χ4n) is 2.73. The average Bonchev–Trinajstić information content (AvgIpc) is 3.08. The molecule has 0 aliphatic rings. The number of carbonyl (C=O) groups excluding carboxylic acids is 1. The average molecular weight is 432 g/mol. The van der Waals surface area contributed by atoms with Crippen LogP contribution in [-0.4, -0.2) is 38.4 Å². The Morgan fingerprint density at radius 1 is 1.04 bits per heavy atom. The third-order valence-electron chi connectivity index (χ3n) is 4.29. The zero-order valence-electron chi connectivity index (χ0n) is 15.1. The molecule has 0 saturated heterocycles. The van der Waals surface area contributed by atoms with E-state index in [1.54, 1.807) is 24.3 Å². The van der Waals surface area contributed by atoms with Gasteiger partial charge in [-0.25, -0.2) is 0 Å². The Morgan fingerprint density at radius 2 is 1.65 bits per heavy atom. The molecule has 26 heavy (non-hydrogen) atoms. The van der Waals surface area contributed by atoms with E-state index in [1.807, 2.05) is 12.1 Å². The molecule has 1 heterocycles. The Labute approximate surface area is 165 Å². The van der Waals surface area contributed by atoms with Crippen molar-refractivity contribution in [2.75, 3.05) is 18.0 Å². The topological polar surface area (TPSA) is 33.2 Å². The van der Waals surface area contributed by atoms with Crippen molar-refractivity contribution in [1.82, 2.24) is 4.98 Å². The number of ketones is 1. The summed E-state index contributed by atoms with van der Waals surface area (Å²) in [5, 5.41) is 0.631. The summed E-state index contributed by atoms with van der Waals surface area (Å²) in [6.45, 7) is 8.07. The normalized spacial score (nSPS) is 10.8. The molecular formula is C21H21ClN2OSe. The van der Waals surface area contributed by atoms with Crippen molar-refractivity contribution in [3.05, 3.63) is 69.1 Å². The van der Waals surface area contributed by atoms with Crippen LogP contribution >= 0.6 is 11.6 Å². The second-order valence-electron chi connectivity index (χ2n) is 6.05. The molecular weight excluding hydrogens is 411 g/mol. The molecule has 3 rings (SSSR count). The first kappa shape index (κ1) is 18.9. The molecule has 0 amide bonds. The Bertz CT molecular complexity index is 897. The monoisotopic (exact) mass is 432 g/mol. The number of hydrogen-bond acceptors (Lipinski definition) is 3. The first-order chi connectivity index (χ1) is 12.5. The third kappa shape index (κ3) is 3.93. The van der Waals surface area contributed by atoms with Gasteiger partial charge in [0.05, 0.1) is 0 Å². The minimum atomic E-state index is -0.108. The van der Waals surface area contributed by atoms with Gasteiger partial charge in [-0.05, 0) is 0 Å². The first-order valence-electron chi connectivity index (χ1n) is 8.66. The number of hydrogen-bond donors (Lipinski definition) is 0. The number of benzene rings is 2. The van der Waals surface area contributed by atoms with Crippen LogP contribution in [0.25, 0.3) is 11.3 Å². The van der Waals surface area contributed by atoms with E-state index in [9.17, 15) is 4.79 Å². The van der Waals surface area contributed by atoms with Crippen molar-refractivity contribution in [1.29, 1.82) is 0 Å². The molecule has 134 valence electrons. The molecule has 3 nitrogen and oxygen atoms in total. The van der Waals surface area contributed by atoms with Crippen molar-refractivity contribution >= 4 is 36.6 Å². The zero-order chi connectivity index (χ0) is 18.7. The molecule has 0 aliphatic carbocycles. The molecule has 0 bridgehead atoms. The maximum atomic E-state index is 13.2. The molecule has 0 spiro atoms. The number of carbonyl (C=O) groups is 1. The van der Waals surface area contributed by atoms with Gasteiger partial charge in [-0.15, -0.1) is 0 Å². The van der Waals surface area contributed by atoms with Crippen LogP contribution in [0.5, 0.6) is 0 Å². The van der Waals surface area contributed by atoms with E-state index < -0.39 is 0 Å². The Balaban J connectivity index is 2.10. The van der Waals surface area contributed by atoms with Crippen LogP contribution in [0.4, 0.5) is 4.69 Å². The fourth-order valence-corrected chi connectivity index (χ4v) is 5.33. The van der Waals surface area contributed by atoms with Gasteiger partial charge in [0.2, 0.25) is 0 Å². The van der Waals surface area contributed by atoms with E-state index in [0.717, 1.165) is 33.5 Å². The summed E-state index contributed by atoms with van der Waals surface area (Å²) in [7, 11) is 0. The first-order valence-corrected chi connectivity index (χ1v) is 10.8. The number of halogens is 1. The third-order valence-corrected chi connectivity index (χ3v) is 6.88. The van der Waals surface area contributed by atoms with Crippen LogP contribution in [0, 0.1) is 6.92 Å². The van der Waals surface area contributed by atoms with Crippen LogP contribution in [0.1, 0.15) is 34.2 Å². The summed E-state index contributed by atoms with van der Waals surface area (Å²) in [5.74, 6) is 0.0446. The van der Waals surface area contributed by atoms with Gasteiger partial charge in [-0.1, -0.05) is 0 Å². The number of rotatable bonds is 6. The van der Waals surface area contributed by atoms with E-state index in [2.05, 4.69) is 37.8 Å². The molecule has 0 radical (unpaired) electrons. The molecule has 0 aliphatic heterocycles. The van der Waals surface area contributed by atoms with E-state index in [-0.39, 0.29) is 20.3 Å². The second-order valence-corrected chi connectivity index (χ2v) is 8.54. The molecule has 3 aromatic rings. The van der Waals surface area contributed by atoms with Crippen LogP contribution in [-0.2, 0) is 0 Å². The SMILES string of the molecule is CCN(CC)c1nc(-c2ccc(C)cc2)c(C(=O)c2ccc(Cl)cc2)[se]1. The predicted molar refractivity (Wildman–Crippen MR) is 110 cm³/mol. The molecule has 1 aromatic heterocycles. The van der Waals surface area contributed by atoms with E-state index in [1.165, 1.54) is 5.56 Å². The number of aromatic nitrogens is 1. The summed E-state index contributed by atoms with van der Waals surface area (Å²) in [4.78, 5) is 20.3. The van der Waals surface area contributed by atoms with Crippen molar-refractivity contribution in [3.63, 3.8) is 0 Å². The molecule has 0 unspecified atom stereocenters. The summed E-state index contributed by atoms with van der Waals surface area (Å²) in [6.07, 6.45) is 0. The van der Waals surface area contributed by atoms with E-state index >= 15 is 0 Å². The molecule has 0 saturated carbocycles. The summed E-state index contributed by atoms with van der Waals surface area (Å²) >= 11 is 5.86. The minimum absolute atomic E-state index is 0.0446. The van der Waals surface area contributed by atoms with Crippen LogP contribution in [0.2, 0.25) is 5.02 Å². The standard InChI is InChI=1S/C21H21ClN2OSe/c1-4-24(5-2)21-23-18(15-8-6-14(3)7-9-15)20(26-21)19(25)16-10-12-17(22)13-11-16/h6-13H,4-5H2,1-3H3. The van der Waals surface area contributed by atoms with Gasteiger partial charge in [0.1, 0.15) is 0 Å². The van der Waals surface area contributed by atoms with Crippen LogP contribution < -0.4 is 4.90 Å². The molecule has 0 atom stereocenters. The van der Waals surface area contributed by atoms with Crippen molar-refractivity contribution in [3.8, 4) is 11.3 Å². The number of aryl methyl sites for hydroxylation is 1. The van der Waals surface area contributed by atoms with Crippen molar-refractivity contribution in [2.24, 2.45) is 0 Å². The van der Waals surface area contributed by atoms with E-state index in [4.69, 9.17) is 16.6 Å². The molecule has 0 fully saturated rings. The van der Waals surface area contributed by atoms with Gasteiger partial charge in [-0.2, -0.15) is 0 Å². The number of nitrogens with zero attached hydrogens (tertiary/aromatic N) is 2. The van der Waals surface area contributed by atoms with Gasteiger partial charge in [-0.3, -0.25) is 0 Å². The summed E-state index contributed by atoms with van der Waals surface area (Å²) in [6, 6.07) is 15.3. The fraction of sp³-hybridized carbons (Fsp3) is 0.238. The van der Waals surface area contributed by atoms with Crippen molar-refractivity contribution in [2.45, 2.75) is 20.8 Å². The maximum absolute atomic E-state index is 13.2. The van der Waals surface area contributed by atoms with Gasteiger partial charge >= 0.3 is 165 Å². The quantitative estimate of drug-likeness (QED) is 0.413. The summed E-state index contributed by atoms with van der Waals surface area (Å²) < 4.78 is 1.83. The molecule has 2 aromatic carbocycles. The molecule has 0 N–H and O–H groups in total. The predicted octanol–water partition coefficient (Wildman–Crippen LogP) is 4.84. The van der Waals surface area contributed by atoms with Crippen molar-refractivity contribution < 1.29 is 4.79 Å². The number of anilines is 1. The Hall–Kier alpha value is -1.87.